The van der Waals surface area contributed by atoms with Crippen LogP contribution in [0, 0.1) is 0 Å². The van der Waals surface area contributed by atoms with Crippen LogP contribution in [-0.4, -0.2) is 40.3 Å². The van der Waals surface area contributed by atoms with Gasteiger partial charge in [0.2, 0.25) is 0 Å². The molecule has 1 aromatic heterocycles. The summed E-state index contributed by atoms with van der Waals surface area (Å²) in [6.45, 7) is 2.36. The molecule has 6 nitrogen and oxygen atoms in total. The summed E-state index contributed by atoms with van der Waals surface area (Å²) in [6.07, 6.45) is 3.91. The Hall–Kier alpha value is -3.15. The Morgan fingerprint density at radius 2 is 1.96 bits per heavy atom. The highest BCUT2D eigenvalue weighted by atomic mass is 16.5. The van der Waals surface area contributed by atoms with Crippen molar-refractivity contribution in [1.82, 2.24) is 9.88 Å². The lowest BCUT2D eigenvalue weighted by Gasteiger charge is -2.24. The third-order valence-electron chi connectivity index (χ3n) is 4.37. The van der Waals surface area contributed by atoms with Gasteiger partial charge in [-0.25, -0.2) is 0 Å². The van der Waals surface area contributed by atoms with E-state index in [1.54, 1.807) is 48.8 Å². The van der Waals surface area contributed by atoms with Crippen molar-refractivity contribution in [1.29, 1.82) is 0 Å². The van der Waals surface area contributed by atoms with Crippen LogP contribution in [0.25, 0.3) is 5.76 Å². The third kappa shape index (κ3) is 3.06. The first-order valence-corrected chi connectivity index (χ1v) is 8.41. The number of aliphatic hydroxyl groups is 1. The zero-order valence-corrected chi connectivity index (χ0v) is 14.7. The number of ether oxygens (including phenoxy) is 1. The molecule has 6 heteroatoms. The van der Waals surface area contributed by atoms with Crippen LogP contribution >= 0.6 is 0 Å². The summed E-state index contributed by atoms with van der Waals surface area (Å²) in [6, 6.07) is 9.63. The monoisotopic (exact) mass is 352 g/mol. The molecule has 2 heterocycles. The lowest BCUT2D eigenvalue weighted by molar-refractivity contribution is -0.139. The number of amides is 1. The summed E-state index contributed by atoms with van der Waals surface area (Å²) >= 11 is 0. The first-order valence-electron chi connectivity index (χ1n) is 8.41. The molecule has 0 saturated carbocycles. The fourth-order valence-corrected chi connectivity index (χ4v) is 3.17. The Balaban J connectivity index is 2.18. The van der Waals surface area contributed by atoms with E-state index in [-0.39, 0.29) is 11.3 Å². The van der Waals surface area contributed by atoms with Crippen LogP contribution < -0.4 is 4.74 Å². The number of aromatic nitrogens is 1. The highest BCUT2D eigenvalue weighted by Gasteiger charge is 2.45. The summed E-state index contributed by atoms with van der Waals surface area (Å²) in [5, 5.41) is 10.9. The number of pyridine rings is 1. The van der Waals surface area contributed by atoms with Crippen molar-refractivity contribution in [2.75, 3.05) is 13.7 Å². The second-order valence-corrected chi connectivity index (χ2v) is 6.00. The average molecular weight is 352 g/mol. The average Bonchev–Trinajstić information content (AvgIpc) is 2.93. The molecule has 0 spiro atoms. The van der Waals surface area contributed by atoms with Gasteiger partial charge < -0.3 is 14.7 Å². The number of benzene rings is 1. The lowest BCUT2D eigenvalue weighted by Crippen LogP contribution is -2.30. The van der Waals surface area contributed by atoms with Crippen LogP contribution in [0.5, 0.6) is 5.75 Å². The maximum absolute atomic E-state index is 12.7. The van der Waals surface area contributed by atoms with Gasteiger partial charge >= 0.3 is 0 Å². The minimum atomic E-state index is -0.680. The Kier molecular flexibility index (Phi) is 5.02. The van der Waals surface area contributed by atoms with Gasteiger partial charge in [0.25, 0.3) is 11.7 Å². The first kappa shape index (κ1) is 17.7. The second-order valence-electron chi connectivity index (χ2n) is 6.00. The van der Waals surface area contributed by atoms with Crippen LogP contribution in [-0.2, 0) is 9.59 Å². The normalized spacial score (nSPS) is 19.0. The maximum Gasteiger partial charge on any atom is 0.295 e. The van der Waals surface area contributed by atoms with Crippen molar-refractivity contribution < 1.29 is 19.4 Å². The number of carbonyl (C=O) groups excluding carboxylic acids is 2. The lowest BCUT2D eigenvalue weighted by atomic mass is 9.96. The number of Topliss-reactive ketones (excluding diaryl/α,β-unsaturated/α-hetero) is 1. The van der Waals surface area contributed by atoms with Crippen LogP contribution in [0.4, 0.5) is 0 Å². The van der Waals surface area contributed by atoms with Crippen LogP contribution in [0.3, 0.4) is 0 Å². The van der Waals surface area contributed by atoms with Gasteiger partial charge in [0.15, 0.2) is 0 Å². The number of hydrogen-bond donors (Lipinski definition) is 1. The van der Waals surface area contributed by atoms with Crippen molar-refractivity contribution in [3.05, 3.63) is 65.5 Å². The standard InChI is InChI=1S/C20H20N2O4/c1-3-11-22-17(13-7-9-21-10-8-13)16(19(24)20(22)25)18(23)14-5-4-6-15(12-14)26-2/h4-10,12,17,23H,3,11H2,1-2H3/b18-16-. The molecule has 1 fully saturated rings. The highest BCUT2D eigenvalue weighted by Crippen LogP contribution is 2.39. The minimum Gasteiger partial charge on any atom is -0.507 e. The fourth-order valence-electron chi connectivity index (χ4n) is 3.17. The van der Waals surface area contributed by atoms with Crippen LogP contribution in [0.15, 0.2) is 54.4 Å². The highest BCUT2D eigenvalue weighted by molar-refractivity contribution is 6.46. The molecule has 1 N–H and O–H groups in total. The molecule has 2 aromatic rings. The molecule has 1 aromatic carbocycles. The number of nitrogens with zero attached hydrogens (tertiary/aromatic N) is 2. The van der Waals surface area contributed by atoms with Gasteiger partial charge in [0.05, 0.1) is 18.7 Å². The predicted octanol–water partition coefficient (Wildman–Crippen LogP) is 2.92. The first-order chi connectivity index (χ1) is 12.6. The van der Waals surface area contributed by atoms with Crippen molar-refractivity contribution in [2.24, 2.45) is 0 Å². The Morgan fingerprint density at radius 3 is 2.62 bits per heavy atom. The van der Waals surface area contributed by atoms with Gasteiger partial charge in [-0.2, -0.15) is 0 Å². The molecule has 1 amide bonds. The smallest absolute Gasteiger partial charge is 0.295 e. The SMILES string of the molecule is CCCN1C(=O)C(=O)/C(=C(\O)c2cccc(OC)c2)C1c1ccncc1. The van der Waals surface area contributed by atoms with E-state index in [1.807, 2.05) is 6.92 Å². The molecule has 0 bridgehead atoms. The summed E-state index contributed by atoms with van der Waals surface area (Å²) in [7, 11) is 1.52. The summed E-state index contributed by atoms with van der Waals surface area (Å²) in [4.78, 5) is 30.7. The molecular weight excluding hydrogens is 332 g/mol. The molecule has 26 heavy (non-hydrogen) atoms. The molecule has 1 aliphatic rings. The number of hydrogen-bond acceptors (Lipinski definition) is 5. The largest absolute Gasteiger partial charge is 0.507 e. The Bertz CT molecular complexity index is 861. The Labute approximate surface area is 151 Å². The number of carbonyl (C=O) groups is 2. The van der Waals surface area contributed by atoms with E-state index >= 15 is 0 Å². The molecular formula is C20H20N2O4. The topological polar surface area (TPSA) is 79.7 Å². The summed E-state index contributed by atoms with van der Waals surface area (Å²) in [5.41, 5.74) is 1.25. The zero-order chi connectivity index (χ0) is 18.7. The maximum atomic E-state index is 12.7. The van der Waals surface area contributed by atoms with Crippen molar-refractivity contribution in [3.8, 4) is 5.75 Å². The van der Waals surface area contributed by atoms with E-state index in [0.717, 1.165) is 5.56 Å². The molecule has 1 atom stereocenters. The van der Waals surface area contributed by atoms with E-state index in [1.165, 1.54) is 12.0 Å². The molecule has 1 unspecified atom stereocenters. The molecule has 1 saturated heterocycles. The molecule has 134 valence electrons. The van der Waals surface area contributed by atoms with Gasteiger partial charge in [-0.1, -0.05) is 19.1 Å². The van der Waals surface area contributed by atoms with Crippen LogP contribution in [0.2, 0.25) is 0 Å². The fraction of sp³-hybridized carbons (Fsp3) is 0.250. The van der Waals surface area contributed by atoms with Gasteiger partial charge in [-0.3, -0.25) is 14.6 Å². The van der Waals surface area contributed by atoms with E-state index in [2.05, 4.69) is 4.98 Å². The van der Waals surface area contributed by atoms with Crippen molar-refractivity contribution >= 4 is 17.4 Å². The number of likely N-dealkylation sites (tertiary alicyclic amines) is 1. The quantitative estimate of drug-likeness (QED) is 0.508. The molecule has 3 rings (SSSR count). The third-order valence-corrected chi connectivity index (χ3v) is 4.37. The van der Waals surface area contributed by atoms with Crippen molar-refractivity contribution in [2.45, 2.75) is 19.4 Å². The van der Waals surface area contributed by atoms with E-state index < -0.39 is 17.7 Å². The summed E-state index contributed by atoms with van der Waals surface area (Å²) in [5.74, 6) is -0.932. The second kappa shape index (κ2) is 7.39. The van der Waals surface area contributed by atoms with Gasteiger partial charge in [0.1, 0.15) is 11.5 Å². The van der Waals surface area contributed by atoms with E-state index in [9.17, 15) is 14.7 Å². The molecule has 1 aliphatic heterocycles. The Morgan fingerprint density at radius 1 is 1.23 bits per heavy atom. The minimum absolute atomic E-state index is 0.0860. The number of methoxy groups -OCH3 is 1. The number of rotatable bonds is 5. The number of aliphatic hydroxyl groups excluding tert-OH is 1. The van der Waals surface area contributed by atoms with Crippen LogP contribution in [0.1, 0.15) is 30.5 Å². The molecule has 0 radical (unpaired) electrons. The molecule has 0 aliphatic carbocycles. The predicted molar refractivity (Wildman–Crippen MR) is 96.5 cm³/mol. The number of ketones is 1. The van der Waals surface area contributed by atoms with E-state index in [4.69, 9.17) is 4.74 Å². The van der Waals surface area contributed by atoms with Crippen molar-refractivity contribution in [3.63, 3.8) is 0 Å². The summed E-state index contributed by atoms with van der Waals surface area (Å²) < 4.78 is 5.18. The van der Waals surface area contributed by atoms with Gasteiger partial charge in [0, 0.05) is 24.5 Å². The zero-order valence-electron chi connectivity index (χ0n) is 14.7. The van der Waals surface area contributed by atoms with Gasteiger partial charge in [-0.15, -0.1) is 0 Å². The van der Waals surface area contributed by atoms with Gasteiger partial charge in [-0.05, 0) is 36.2 Å². The van der Waals surface area contributed by atoms with E-state index in [0.29, 0.717) is 24.3 Å².